The number of thiophene rings is 1. The molecule has 1 atom stereocenters. The van der Waals surface area contributed by atoms with Gasteiger partial charge in [0.05, 0.1) is 6.10 Å². The van der Waals surface area contributed by atoms with Crippen LogP contribution in [0.5, 0.6) is 0 Å². The molecule has 1 nitrogen and oxygen atoms in total. The first kappa shape index (κ1) is 19.5. The Morgan fingerprint density at radius 3 is 2.05 bits per heavy atom. The van der Waals surface area contributed by atoms with E-state index in [1.807, 2.05) is 6.07 Å². The Morgan fingerprint density at radius 1 is 1.05 bits per heavy atom. The summed E-state index contributed by atoms with van der Waals surface area (Å²) in [6.07, 6.45) is 13.8. The van der Waals surface area contributed by atoms with Crippen molar-refractivity contribution >= 4 is 38.9 Å². The molecule has 0 fully saturated rings. The summed E-state index contributed by atoms with van der Waals surface area (Å²) in [6.45, 7) is 2.26. The Balaban J connectivity index is 1.96. The molecule has 0 bridgehead atoms. The molecule has 1 aromatic rings. The number of unbranched alkanes of at least 4 members (excludes halogenated alkanes) is 9. The highest BCUT2D eigenvalue weighted by atomic mass is 79.9. The van der Waals surface area contributed by atoms with Crippen LogP contribution < -0.4 is 0 Å². The molecule has 0 aliphatic heterocycles. The van der Waals surface area contributed by atoms with E-state index in [9.17, 15) is 5.11 Å². The highest BCUT2D eigenvalue weighted by molar-refractivity contribution is 9.10. The zero-order valence-electron chi connectivity index (χ0n) is 13.0. The number of hydrogen-bond acceptors (Lipinski definition) is 2. The molecule has 1 heterocycles. The van der Waals surface area contributed by atoms with Crippen LogP contribution in [0.25, 0.3) is 0 Å². The number of aliphatic hydroxyl groups is 1. The minimum absolute atomic E-state index is 0.354. The second kappa shape index (κ2) is 11.9. The molecule has 1 unspecified atom stereocenters. The summed E-state index contributed by atoms with van der Waals surface area (Å²) in [5.41, 5.74) is 0. The van der Waals surface area contributed by atoms with Gasteiger partial charge in [-0.1, -0.05) is 82.7 Å². The summed E-state index contributed by atoms with van der Waals surface area (Å²) in [4.78, 5) is 0.975. The first-order chi connectivity index (χ1) is 10.1. The Bertz CT molecular complexity index is 361. The van der Waals surface area contributed by atoms with Crippen LogP contribution in [0.3, 0.4) is 0 Å². The van der Waals surface area contributed by atoms with Gasteiger partial charge >= 0.3 is 0 Å². The van der Waals surface area contributed by atoms with E-state index in [2.05, 4.69) is 22.9 Å². The van der Waals surface area contributed by atoms with Gasteiger partial charge in [0.15, 0.2) is 0 Å². The molecule has 1 rings (SSSR count). The van der Waals surface area contributed by atoms with E-state index < -0.39 is 0 Å². The molecule has 0 aliphatic carbocycles. The van der Waals surface area contributed by atoms with Gasteiger partial charge in [0.2, 0.25) is 0 Å². The maximum Gasteiger partial charge on any atom is 0.107 e. The molecular formula is C17H28BrClOS. The van der Waals surface area contributed by atoms with Crippen molar-refractivity contribution in [1.29, 1.82) is 0 Å². The van der Waals surface area contributed by atoms with Crippen LogP contribution in [0.1, 0.15) is 88.5 Å². The number of halogens is 2. The zero-order chi connectivity index (χ0) is 15.5. The van der Waals surface area contributed by atoms with Crippen molar-refractivity contribution in [2.75, 3.05) is 0 Å². The molecular weight excluding hydrogens is 368 g/mol. The first-order valence-electron chi connectivity index (χ1n) is 8.28. The van der Waals surface area contributed by atoms with Crippen molar-refractivity contribution in [3.8, 4) is 0 Å². The lowest BCUT2D eigenvalue weighted by Crippen LogP contribution is -1.94. The smallest absolute Gasteiger partial charge is 0.107 e. The van der Waals surface area contributed by atoms with Crippen LogP contribution in [0.2, 0.25) is 4.34 Å². The molecule has 0 radical (unpaired) electrons. The normalized spacial score (nSPS) is 12.8. The second-order valence-electron chi connectivity index (χ2n) is 5.76. The number of aliphatic hydroxyl groups excluding tert-OH is 1. The first-order valence-corrected chi connectivity index (χ1v) is 10.3. The van der Waals surface area contributed by atoms with Gasteiger partial charge in [-0.15, -0.1) is 11.3 Å². The highest BCUT2D eigenvalue weighted by Gasteiger charge is 2.12. The van der Waals surface area contributed by atoms with Crippen molar-refractivity contribution in [1.82, 2.24) is 0 Å². The summed E-state index contributed by atoms with van der Waals surface area (Å²) >= 11 is 10.9. The second-order valence-corrected chi connectivity index (χ2v) is 8.30. The molecule has 4 heteroatoms. The van der Waals surface area contributed by atoms with Gasteiger partial charge < -0.3 is 5.11 Å². The molecule has 0 saturated carbocycles. The van der Waals surface area contributed by atoms with Gasteiger partial charge in [-0.2, -0.15) is 0 Å². The third-order valence-corrected chi connectivity index (χ3v) is 6.40. The summed E-state index contributed by atoms with van der Waals surface area (Å²) in [6, 6.07) is 1.94. The van der Waals surface area contributed by atoms with Crippen LogP contribution in [0.4, 0.5) is 0 Å². The molecule has 0 aliphatic rings. The maximum atomic E-state index is 10.1. The lowest BCUT2D eigenvalue weighted by atomic mass is 10.0. The van der Waals surface area contributed by atoms with E-state index in [0.29, 0.717) is 0 Å². The zero-order valence-corrected chi connectivity index (χ0v) is 16.2. The molecule has 1 aromatic heterocycles. The third kappa shape index (κ3) is 8.59. The van der Waals surface area contributed by atoms with E-state index in [1.165, 1.54) is 69.1 Å². The standard InChI is InChI=1S/C17H28BrClOS/c1-2-3-4-5-6-7-8-9-10-11-12-15(20)16-13-14(18)17(19)21-16/h13,15,20H,2-12H2,1H3. The fraction of sp³-hybridized carbons (Fsp3) is 0.765. The summed E-state index contributed by atoms with van der Waals surface area (Å²) in [7, 11) is 0. The lowest BCUT2D eigenvalue weighted by Gasteiger charge is -2.08. The van der Waals surface area contributed by atoms with E-state index in [-0.39, 0.29) is 6.10 Å². The number of rotatable bonds is 12. The van der Waals surface area contributed by atoms with E-state index in [1.54, 1.807) is 0 Å². The predicted octanol–water partition coefficient (Wildman–Crippen LogP) is 7.51. The van der Waals surface area contributed by atoms with Gasteiger partial charge in [-0.3, -0.25) is 0 Å². The van der Waals surface area contributed by atoms with E-state index >= 15 is 0 Å². The topological polar surface area (TPSA) is 20.2 Å². The van der Waals surface area contributed by atoms with Crippen molar-refractivity contribution in [2.24, 2.45) is 0 Å². The van der Waals surface area contributed by atoms with E-state index in [0.717, 1.165) is 26.5 Å². The van der Waals surface area contributed by atoms with Crippen molar-refractivity contribution in [3.63, 3.8) is 0 Å². The average Bonchev–Trinajstić information content (AvgIpc) is 2.80. The molecule has 21 heavy (non-hydrogen) atoms. The minimum Gasteiger partial charge on any atom is -0.388 e. The van der Waals surface area contributed by atoms with Crippen LogP contribution in [0, 0.1) is 0 Å². The van der Waals surface area contributed by atoms with Gasteiger partial charge in [0.25, 0.3) is 0 Å². The van der Waals surface area contributed by atoms with Crippen LogP contribution in [0.15, 0.2) is 10.5 Å². The van der Waals surface area contributed by atoms with Gasteiger partial charge in [0, 0.05) is 9.35 Å². The van der Waals surface area contributed by atoms with Crippen LogP contribution in [-0.4, -0.2) is 5.11 Å². The fourth-order valence-electron chi connectivity index (χ4n) is 2.49. The SMILES string of the molecule is CCCCCCCCCCCCC(O)c1cc(Br)c(Cl)s1. The third-order valence-electron chi connectivity index (χ3n) is 3.82. The van der Waals surface area contributed by atoms with Crippen molar-refractivity contribution < 1.29 is 5.11 Å². The summed E-state index contributed by atoms with van der Waals surface area (Å²) < 4.78 is 1.62. The van der Waals surface area contributed by atoms with Crippen molar-refractivity contribution in [3.05, 3.63) is 19.8 Å². The molecule has 0 saturated heterocycles. The van der Waals surface area contributed by atoms with Gasteiger partial charge in [-0.05, 0) is 28.4 Å². The van der Waals surface area contributed by atoms with Gasteiger partial charge in [-0.25, -0.2) is 0 Å². The van der Waals surface area contributed by atoms with Crippen LogP contribution >= 0.6 is 38.9 Å². The average molecular weight is 396 g/mol. The predicted molar refractivity (Wildman–Crippen MR) is 98.4 cm³/mol. The Hall–Kier alpha value is 0.430. The van der Waals surface area contributed by atoms with Gasteiger partial charge in [0.1, 0.15) is 4.34 Å². The minimum atomic E-state index is -0.354. The summed E-state index contributed by atoms with van der Waals surface area (Å²) in [5, 5.41) is 10.1. The Labute approximate surface area is 147 Å². The molecule has 0 amide bonds. The largest absolute Gasteiger partial charge is 0.388 e. The maximum absolute atomic E-state index is 10.1. The Kier molecular flexibility index (Phi) is 11.1. The molecule has 1 N–H and O–H groups in total. The molecule has 122 valence electrons. The Morgan fingerprint density at radius 2 is 1.57 bits per heavy atom. The van der Waals surface area contributed by atoms with Crippen molar-refractivity contribution in [2.45, 2.75) is 83.7 Å². The quantitative estimate of drug-likeness (QED) is 0.363. The monoisotopic (exact) mass is 394 g/mol. The fourth-order valence-corrected chi connectivity index (χ4v) is 4.25. The molecule has 0 aromatic carbocycles. The highest BCUT2D eigenvalue weighted by Crippen LogP contribution is 2.36. The molecule has 0 spiro atoms. The lowest BCUT2D eigenvalue weighted by molar-refractivity contribution is 0.167. The van der Waals surface area contributed by atoms with Crippen LogP contribution in [-0.2, 0) is 0 Å². The summed E-state index contributed by atoms with van der Waals surface area (Å²) in [5.74, 6) is 0. The van der Waals surface area contributed by atoms with E-state index in [4.69, 9.17) is 11.6 Å². The number of hydrogen-bond donors (Lipinski definition) is 1.